The second-order valence-corrected chi connectivity index (χ2v) is 6.93. The van der Waals surface area contributed by atoms with Gasteiger partial charge in [0.1, 0.15) is 22.6 Å². The molecule has 0 aliphatic carbocycles. The van der Waals surface area contributed by atoms with Crippen LogP contribution in [0.1, 0.15) is 20.3 Å². The maximum Gasteiger partial charge on any atom is 0.262 e. The number of aromatic nitrogens is 3. The fraction of sp³-hybridized carbons (Fsp3) is 0.381. The summed E-state index contributed by atoms with van der Waals surface area (Å²) in [6.07, 6.45) is 2.64. The van der Waals surface area contributed by atoms with Crippen molar-refractivity contribution in [2.45, 2.75) is 26.3 Å². The number of methoxy groups -OCH3 is 2. The zero-order chi connectivity index (χ0) is 20.8. The van der Waals surface area contributed by atoms with E-state index in [1.807, 2.05) is 12.1 Å². The average molecular weight is 397 g/mol. The molecule has 0 saturated heterocycles. The number of ether oxygens (including phenoxy) is 2. The maximum atomic E-state index is 12.8. The summed E-state index contributed by atoms with van der Waals surface area (Å²) in [6, 6.07) is 7.62. The number of pyridine rings is 1. The number of hydrogen-bond donors (Lipinski definition) is 3. The molecule has 0 bridgehead atoms. The molecule has 2 heterocycles. The van der Waals surface area contributed by atoms with Gasteiger partial charge in [0.25, 0.3) is 5.56 Å². The van der Waals surface area contributed by atoms with E-state index in [9.17, 15) is 4.79 Å². The van der Waals surface area contributed by atoms with Crippen LogP contribution >= 0.6 is 0 Å². The van der Waals surface area contributed by atoms with E-state index in [0.29, 0.717) is 40.0 Å². The normalized spacial score (nSPS) is 11.1. The van der Waals surface area contributed by atoms with Gasteiger partial charge in [-0.3, -0.25) is 9.78 Å². The number of aromatic amines is 1. The fourth-order valence-corrected chi connectivity index (χ4v) is 3.04. The minimum atomic E-state index is -0.290. The molecule has 29 heavy (non-hydrogen) atoms. The molecule has 0 atom stereocenters. The summed E-state index contributed by atoms with van der Waals surface area (Å²) in [6.45, 7) is 5.94. The van der Waals surface area contributed by atoms with E-state index in [1.54, 1.807) is 25.4 Å². The molecule has 0 saturated carbocycles. The monoisotopic (exact) mass is 397 g/mol. The molecule has 154 valence electrons. The van der Waals surface area contributed by atoms with E-state index in [0.717, 1.165) is 25.2 Å². The number of rotatable bonds is 9. The number of H-pyrrole nitrogens is 1. The van der Waals surface area contributed by atoms with Gasteiger partial charge in [-0.15, -0.1) is 0 Å². The summed E-state index contributed by atoms with van der Waals surface area (Å²) in [7, 11) is 3.07. The van der Waals surface area contributed by atoms with Crippen LogP contribution in [0.5, 0.6) is 11.5 Å². The van der Waals surface area contributed by atoms with Crippen LogP contribution in [0.3, 0.4) is 0 Å². The summed E-state index contributed by atoms with van der Waals surface area (Å²) in [4.78, 5) is 24.6. The SMILES string of the molecule is COc1cc(OC)c2c(=O)[nH]c(-c3ncccc3NCCCNC(C)C)nc2c1. The lowest BCUT2D eigenvalue weighted by molar-refractivity contribution is 0.397. The molecule has 0 fully saturated rings. The summed E-state index contributed by atoms with van der Waals surface area (Å²) in [5.74, 6) is 1.37. The van der Waals surface area contributed by atoms with Gasteiger partial charge in [0.2, 0.25) is 0 Å². The van der Waals surface area contributed by atoms with Crippen LogP contribution < -0.4 is 25.7 Å². The van der Waals surface area contributed by atoms with E-state index >= 15 is 0 Å². The Bertz CT molecular complexity index is 1030. The molecule has 0 spiro atoms. The van der Waals surface area contributed by atoms with Crippen LogP contribution in [-0.2, 0) is 0 Å². The van der Waals surface area contributed by atoms with Crippen LogP contribution in [0.2, 0.25) is 0 Å². The third kappa shape index (κ3) is 4.83. The van der Waals surface area contributed by atoms with E-state index in [1.165, 1.54) is 7.11 Å². The quantitative estimate of drug-likeness (QED) is 0.477. The third-order valence-corrected chi connectivity index (χ3v) is 4.46. The van der Waals surface area contributed by atoms with Crippen molar-refractivity contribution < 1.29 is 9.47 Å². The highest BCUT2D eigenvalue weighted by Crippen LogP contribution is 2.29. The van der Waals surface area contributed by atoms with Gasteiger partial charge in [-0.05, 0) is 25.1 Å². The smallest absolute Gasteiger partial charge is 0.262 e. The minimum absolute atomic E-state index is 0.290. The second kappa shape index (κ2) is 9.38. The first-order valence-corrected chi connectivity index (χ1v) is 9.62. The first-order chi connectivity index (χ1) is 14.0. The Balaban J connectivity index is 1.93. The Labute approximate surface area is 169 Å². The summed E-state index contributed by atoms with van der Waals surface area (Å²) in [5, 5.41) is 7.15. The molecule has 0 unspecified atom stereocenters. The lowest BCUT2D eigenvalue weighted by Crippen LogP contribution is -2.25. The Morgan fingerprint density at radius 1 is 1.17 bits per heavy atom. The number of fused-ring (bicyclic) bond motifs is 1. The van der Waals surface area contributed by atoms with Crippen LogP contribution in [0.15, 0.2) is 35.3 Å². The molecule has 0 amide bonds. The molecule has 3 rings (SSSR count). The van der Waals surface area contributed by atoms with Gasteiger partial charge in [-0.2, -0.15) is 0 Å². The van der Waals surface area contributed by atoms with E-state index in [4.69, 9.17) is 9.47 Å². The number of hydrogen-bond acceptors (Lipinski definition) is 7. The van der Waals surface area contributed by atoms with Crippen LogP contribution in [-0.4, -0.2) is 48.3 Å². The average Bonchev–Trinajstić information content (AvgIpc) is 2.72. The van der Waals surface area contributed by atoms with Crippen LogP contribution in [0, 0.1) is 0 Å². The fourth-order valence-electron chi connectivity index (χ4n) is 3.04. The lowest BCUT2D eigenvalue weighted by Gasteiger charge is -2.13. The van der Waals surface area contributed by atoms with Gasteiger partial charge < -0.3 is 25.1 Å². The number of nitrogens with zero attached hydrogens (tertiary/aromatic N) is 2. The highest BCUT2D eigenvalue weighted by Gasteiger charge is 2.15. The molecule has 8 heteroatoms. The zero-order valence-corrected chi connectivity index (χ0v) is 17.2. The van der Waals surface area contributed by atoms with Crippen molar-refractivity contribution >= 4 is 16.6 Å². The highest BCUT2D eigenvalue weighted by atomic mass is 16.5. The van der Waals surface area contributed by atoms with Crippen molar-refractivity contribution in [3.05, 3.63) is 40.8 Å². The molecule has 1 aromatic carbocycles. The molecule has 3 aromatic rings. The molecule has 0 radical (unpaired) electrons. The van der Waals surface area contributed by atoms with Crippen LogP contribution in [0.25, 0.3) is 22.4 Å². The highest BCUT2D eigenvalue weighted by molar-refractivity contribution is 5.87. The zero-order valence-electron chi connectivity index (χ0n) is 17.2. The van der Waals surface area contributed by atoms with E-state index in [-0.39, 0.29) is 5.56 Å². The largest absolute Gasteiger partial charge is 0.497 e. The Kier molecular flexibility index (Phi) is 6.66. The van der Waals surface area contributed by atoms with Crippen LogP contribution in [0.4, 0.5) is 5.69 Å². The van der Waals surface area contributed by atoms with Crippen molar-refractivity contribution in [2.75, 3.05) is 32.6 Å². The summed E-state index contributed by atoms with van der Waals surface area (Å²) >= 11 is 0. The first-order valence-electron chi connectivity index (χ1n) is 9.62. The van der Waals surface area contributed by atoms with Gasteiger partial charge in [0, 0.05) is 30.9 Å². The Hall–Kier alpha value is -3.13. The standard InChI is InChI=1S/C21H27N5O3/c1-13(2)22-9-6-10-23-15-7-5-8-24-19(15)20-25-16-11-14(28-3)12-17(29-4)18(16)21(27)26-20/h5,7-8,11-13,22-23H,6,9-10H2,1-4H3,(H,25,26,27). The molecule has 0 aliphatic heterocycles. The molecule has 0 aliphatic rings. The number of anilines is 1. The summed E-state index contributed by atoms with van der Waals surface area (Å²) in [5.41, 5.74) is 1.60. The maximum absolute atomic E-state index is 12.8. The third-order valence-electron chi connectivity index (χ3n) is 4.46. The Morgan fingerprint density at radius 2 is 2.00 bits per heavy atom. The predicted octanol–water partition coefficient (Wildman–Crippen LogP) is 2.80. The van der Waals surface area contributed by atoms with Gasteiger partial charge >= 0.3 is 0 Å². The molecular formula is C21H27N5O3. The lowest BCUT2D eigenvalue weighted by atomic mass is 10.2. The minimum Gasteiger partial charge on any atom is -0.497 e. The summed E-state index contributed by atoms with van der Waals surface area (Å²) < 4.78 is 10.6. The second-order valence-electron chi connectivity index (χ2n) is 6.93. The number of nitrogens with one attached hydrogen (secondary N) is 3. The van der Waals surface area contributed by atoms with Crippen molar-refractivity contribution in [2.24, 2.45) is 0 Å². The van der Waals surface area contributed by atoms with Gasteiger partial charge in [-0.1, -0.05) is 13.8 Å². The van der Waals surface area contributed by atoms with Crippen molar-refractivity contribution in [3.63, 3.8) is 0 Å². The van der Waals surface area contributed by atoms with Crippen molar-refractivity contribution in [1.29, 1.82) is 0 Å². The molecule has 3 N–H and O–H groups in total. The first kappa shape index (κ1) is 20.6. The molecular weight excluding hydrogens is 370 g/mol. The van der Waals surface area contributed by atoms with E-state index < -0.39 is 0 Å². The van der Waals surface area contributed by atoms with Gasteiger partial charge in [0.05, 0.1) is 25.4 Å². The van der Waals surface area contributed by atoms with Crippen molar-refractivity contribution in [1.82, 2.24) is 20.3 Å². The molecule has 8 nitrogen and oxygen atoms in total. The van der Waals surface area contributed by atoms with Gasteiger partial charge in [0.15, 0.2) is 5.82 Å². The number of benzene rings is 1. The van der Waals surface area contributed by atoms with Gasteiger partial charge in [-0.25, -0.2) is 4.98 Å². The Morgan fingerprint density at radius 3 is 2.72 bits per heavy atom. The van der Waals surface area contributed by atoms with Crippen molar-refractivity contribution in [3.8, 4) is 23.0 Å². The van der Waals surface area contributed by atoms with E-state index in [2.05, 4.69) is 39.4 Å². The topological polar surface area (TPSA) is 101 Å². The molecule has 2 aromatic heterocycles. The predicted molar refractivity (Wildman–Crippen MR) is 115 cm³/mol.